The molecule has 0 amide bonds. The van der Waals surface area contributed by atoms with Gasteiger partial charge in [-0.05, 0) is 0 Å². The standard InChI is InChI=1S/C10H12Cl3N5/c1-3-5-18(6-4-2)9-16-7(10(11,12)13)15-8(14)17-9/h3-4H,1-2,5-6H2,(H2,14,15,16,17). The van der Waals surface area contributed by atoms with E-state index in [9.17, 15) is 0 Å². The van der Waals surface area contributed by atoms with Crippen molar-refractivity contribution in [1.82, 2.24) is 15.0 Å². The molecular formula is C10H12Cl3N5. The van der Waals surface area contributed by atoms with Gasteiger partial charge in [0.2, 0.25) is 15.7 Å². The highest BCUT2D eigenvalue weighted by molar-refractivity contribution is 6.66. The summed E-state index contributed by atoms with van der Waals surface area (Å²) in [6.07, 6.45) is 3.39. The van der Waals surface area contributed by atoms with Crippen LogP contribution in [0.1, 0.15) is 5.82 Å². The molecule has 1 aromatic rings. The van der Waals surface area contributed by atoms with Crippen molar-refractivity contribution < 1.29 is 0 Å². The van der Waals surface area contributed by atoms with Crippen LogP contribution in [0.4, 0.5) is 11.9 Å². The number of nitrogens with zero attached hydrogens (tertiary/aromatic N) is 4. The van der Waals surface area contributed by atoms with E-state index in [0.717, 1.165) is 0 Å². The minimum Gasteiger partial charge on any atom is -0.368 e. The molecule has 98 valence electrons. The number of alkyl halides is 3. The van der Waals surface area contributed by atoms with Gasteiger partial charge in [-0.1, -0.05) is 47.0 Å². The molecule has 18 heavy (non-hydrogen) atoms. The Bertz CT molecular complexity index is 434. The second-order valence-corrected chi connectivity index (χ2v) is 5.58. The van der Waals surface area contributed by atoms with Gasteiger partial charge in [0.15, 0.2) is 5.82 Å². The zero-order chi connectivity index (χ0) is 13.8. The minimum atomic E-state index is -1.75. The van der Waals surface area contributed by atoms with Gasteiger partial charge in [-0.3, -0.25) is 0 Å². The summed E-state index contributed by atoms with van der Waals surface area (Å²) >= 11 is 17.2. The molecular weight excluding hydrogens is 297 g/mol. The van der Waals surface area contributed by atoms with Crippen molar-refractivity contribution in [2.24, 2.45) is 0 Å². The average Bonchev–Trinajstić information content (AvgIpc) is 2.27. The Hall–Kier alpha value is -1.04. The molecule has 1 rings (SSSR count). The third-order valence-corrected chi connectivity index (χ3v) is 2.38. The molecule has 0 saturated carbocycles. The van der Waals surface area contributed by atoms with Gasteiger partial charge in [0.1, 0.15) is 0 Å². The third-order valence-electron chi connectivity index (χ3n) is 1.88. The molecule has 0 unspecified atom stereocenters. The summed E-state index contributed by atoms with van der Waals surface area (Å²) in [6.45, 7) is 8.31. The van der Waals surface area contributed by atoms with Gasteiger partial charge >= 0.3 is 0 Å². The van der Waals surface area contributed by atoms with E-state index in [4.69, 9.17) is 40.5 Å². The van der Waals surface area contributed by atoms with Crippen molar-refractivity contribution in [1.29, 1.82) is 0 Å². The van der Waals surface area contributed by atoms with Crippen molar-refractivity contribution in [3.63, 3.8) is 0 Å². The maximum absolute atomic E-state index is 5.73. The van der Waals surface area contributed by atoms with Crippen LogP contribution in [0.25, 0.3) is 0 Å². The van der Waals surface area contributed by atoms with Gasteiger partial charge < -0.3 is 10.6 Å². The quantitative estimate of drug-likeness (QED) is 0.668. The number of nitrogen functional groups attached to an aromatic ring is 1. The number of aromatic nitrogens is 3. The van der Waals surface area contributed by atoms with Crippen LogP contribution in [0, 0.1) is 0 Å². The summed E-state index contributed by atoms with van der Waals surface area (Å²) in [7, 11) is 0. The lowest BCUT2D eigenvalue weighted by molar-refractivity contribution is 0.841. The zero-order valence-corrected chi connectivity index (χ0v) is 11.8. The molecule has 0 atom stereocenters. The van der Waals surface area contributed by atoms with Gasteiger partial charge in [0, 0.05) is 13.1 Å². The van der Waals surface area contributed by atoms with E-state index < -0.39 is 3.79 Å². The SMILES string of the molecule is C=CCN(CC=C)c1nc(N)nc(C(Cl)(Cl)Cl)n1. The maximum Gasteiger partial charge on any atom is 0.250 e. The topological polar surface area (TPSA) is 67.9 Å². The first-order valence-corrected chi connectivity index (χ1v) is 6.07. The lowest BCUT2D eigenvalue weighted by Crippen LogP contribution is -2.27. The Balaban J connectivity index is 3.18. The molecule has 0 bridgehead atoms. The number of anilines is 2. The Labute approximate surface area is 120 Å². The van der Waals surface area contributed by atoms with Crippen LogP contribution in [-0.2, 0) is 3.79 Å². The van der Waals surface area contributed by atoms with E-state index >= 15 is 0 Å². The predicted molar refractivity (Wildman–Crippen MR) is 76.1 cm³/mol. The van der Waals surface area contributed by atoms with Gasteiger partial charge in [0.05, 0.1) is 0 Å². The van der Waals surface area contributed by atoms with E-state index in [1.54, 1.807) is 17.1 Å². The zero-order valence-electron chi connectivity index (χ0n) is 9.48. The summed E-state index contributed by atoms with van der Waals surface area (Å²) in [4.78, 5) is 13.6. The van der Waals surface area contributed by atoms with Crippen molar-refractivity contribution in [3.05, 3.63) is 31.1 Å². The smallest absolute Gasteiger partial charge is 0.250 e. The summed E-state index contributed by atoms with van der Waals surface area (Å²) in [5, 5.41) is 0. The van der Waals surface area contributed by atoms with E-state index in [2.05, 4.69) is 28.1 Å². The average molecular weight is 309 g/mol. The van der Waals surface area contributed by atoms with Gasteiger partial charge in [-0.2, -0.15) is 15.0 Å². The Morgan fingerprint density at radius 1 is 1.11 bits per heavy atom. The highest BCUT2D eigenvalue weighted by atomic mass is 35.6. The fourth-order valence-electron chi connectivity index (χ4n) is 1.20. The molecule has 8 heteroatoms. The molecule has 5 nitrogen and oxygen atoms in total. The van der Waals surface area contributed by atoms with Crippen LogP contribution in [0.15, 0.2) is 25.3 Å². The van der Waals surface area contributed by atoms with Crippen LogP contribution in [0.5, 0.6) is 0 Å². The number of rotatable bonds is 5. The molecule has 0 aliphatic carbocycles. The normalized spacial score (nSPS) is 11.1. The van der Waals surface area contributed by atoms with E-state index in [1.807, 2.05) is 0 Å². The van der Waals surface area contributed by atoms with Gasteiger partial charge in [0.25, 0.3) is 0 Å². The molecule has 0 aromatic carbocycles. The first-order valence-electron chi connectivity index (χ1n) is 4.94. The first kappa shape index (κ1) is 15.0. The lowest BCUT2D eigenvalue weighted by Gasteiger charge is -2.20. The summed E-state index contributed by atoms with van der Waals surface area (Å²) in [5.41, 5.74) is 5.57. The summed E-state index contributed by atoms with van der Waals surface area (Å²) in [6, 6.07) is 0. The van der Waals surface area contributed by atoms with Crippen molar-refractivity contribution in [2.45, 2.75) is 3.79 Å². The molecule has 0 spiro atoms. The summed E-state index contributed by atoms with van der Waals surface area (Å²) < 4.78 is -1.75. The van der Waals surface area contributed by atoms with Gasteiger partial charge in [-0.25, -0.2) is 0 Å². The second kappa shape index (κ2) is 6.22. The molecule has 1 heterocycles. The number of hydrogen-bond donors (Lipinski definition) is 1. The summed E-state index contributed by atoms with van der Waals surface area (Å²) in [5.74, 6) is 0.274. The molecule has 1 aromatic heterocycles. The number of hydrogen-bond acceptors (Lipinski definition) is 5. The maximum atomic E-state index is 5.73. The van der Waals surface area contributed by atoms with E-state index in [-0.39, 0.29) is 11.8 Å². The highest BCUT2D eigenvalue weighted by Gasteiger charge is 2.28. The minimum absolute atomic E-state index is 0.0144. The monoisotopic (exact) mass is 307 g/mol. The van der Waals surface area contributed by atoms with Crippen LogP contribution in [0.3, 0.4) is 0 Å². The number of nitrogens with two attached hydrogens (primary N) is 1. The van der Waals surface area contributed by atoms with Crippen LogP contribution >= 0.6 is 34.8 Å². The van der Waals surface area contributed by atoms with Crippen LogP contribution in [0.2, 0.25) is 0 Å². The molecule has 0 fully saturated rings. The van der Waals surface area contributed by atoms with Crippen LogP contribution < -0.4 is 10.6 Å². The fraction of sp³-hybridized carbons (Fsp3) is 0.300. The van der Waals surface area contributed by atoms with Crippen molar-refractivity contribution in [3.8, 4) is 0 Å². The molecule has 0 saturated heterocycles. The highest BCUT2D eigenvalue weighted by Crippen LogP contribution is 2.36. The van der Waals surface area contributed by atoms with Crippen molar-refractivity contribution >= 4 is 46.7 Å². The van der Waals surface area contributed by atoms with E-state index in [1.165, 1.54) is 0 Å². The lowest BCUT2D eigenvalue weighted by atomic mass is 10.4. The van der Waals surface area contributed by atoms with Gasteiger partial charge in [-0.15, -0.1) is 13.2 Å². The Morgan fingerprint density at radius 3 is 2.11 bits per heavy atom. The molecule has 0 aliphatic rings. The second-order valence-electron chi connectivity index (χ2n) is 3.30. The van der Waals surface area contributed by atoms with E-state index in [0.29, 0.717) is 19.0 Å². The molecule has 0 aliphatic heterocycles. The first-order chi connectivity index (χ1) is 8.38. The van der Waals surface area contributed by atoms with Crippen LogP contribution in [-0.4, -0.2) is 28.0 Å². The fourth-order valence-corrected chi connectivity index (χ4v) is 1.45. The molecule has 2 N–H and O–H groups in total. The largest absolute Gasteiger partial charge is 0.368 e. The molecule has 0 radical (unpaired) electrons. The third kappa shape index (κ3) is 4.01. The Morgan fingerprint density at radius 2 is 1.67 bits per heavy atom. The Kier molecular flexibility index (Phi) is 5.19. The predicted octanol–water partition coefficient (Wildman–Crippen LogP) is 2.46. The number of halogens is 3. The van der Waals surface area contributed by atoms with Crippen molar-refractivity contribution in [2.75, 3.05) is 23.7 Å².